The van der Waals surface area contributed by atoms with Crippen LogP contribution in [0.2, 0.25) is 0 Å². The molecule has 2 heterocycles. The molecule has 0 bridgehead atoms. The van der Waals surface area contributed by atoms with Crippen LogP contribution in [-0.2, 0) is 4.74 Å². The van der Waals surface area contributed by atoms with Gasteiger partial charge in [-0.3, -0.25) is 0 Å². The molecule has 2 aromatic rings. The number of ether oxygens (including phenoxy) is 2. The number of methoxy groups -OCH3 is 2. The van der Waals surface area contributed by atoms with E-state index in [2.05, 4.69) is 9.72 Å². The Labute approximate surface area is 86.3 Å². The molecule has 0 N–H and O–H groups in total. The number of nitrogens with zero attached hydrogens (tertiary/aromatic N) is 2. The second kappa shape index (κ2) is 3.61. The number of fused-ring (bicyclic) bond motifs is 1. The van der Waals surface area contributed by atoms with Gasteiger partial charge in [0.05, 0.1) is 19.8 Å². The van der Waals surface area contributed by atoms with Gasteiger partial charge in [0.1, 0.15) is 0 Å². The predicted molar refractivity (Wildman–Crippen MR) is 53.1 cm³/mol. The van der Waals surface area contributed by atoms with E-state index < -0.39 is 5.97 Å². The van der Waals surface area contributed by atoms with Gasteiger partial charge < -0.3 is 13.9 Å². The molecule has 0 atom stereocenters. The molecule has 5 nitrogen and oxygen atoms in total. The van der Waals surface area contributed by atoms with E-state index in [0.717, 1.165) is 0 Å². The molecule has 0 aliphatic heterocycles. The van der Waals surface area contributed by atoms with Gasteiger partial charge >= 0.3 is 5.97 Å². The molecular weight excluding hydrogens is 196 g/mol. The van der Waals surface area contributed by atoms with Crippen LogP contribution in [0.5, 0.6) is 5.75 Å². The lowest BCUT2D eigenvalue weighted by Crippen LogP contribution is -2.04. The molecule has 0 fully saturated rings. The zero-order valence-electron chi connectivity index (χ0n) is 8.43. The average molecular weight is 206 g/mol. The van der Waals surface area contributed by atoms with Gasteiger partial charge in [-0.25, -0.2) is 9.78 Å². The third-order valence-electron chi connectivity index (χ3n) is 2.09. The normalized spacial score (nSPS) is 10.3. The zero-order chi connectivity index (χ0) is 10.8. The third kappa shape index (κ3) is 1.52. The summed E-state index contributed by atoms with van der Waals surface area (Å²) in [6.45, 7) is 0. The lowest BCUT2D eigenvalue weighted by Gasteiger charge is -2.05. The van der Waals surface area contributed by atoms with E-state index in [-0.39, 0.29) is 0 Å². The Bertz CT molecular complexity index is 504. The van der Waals surface area contributed by atoms with Gasteiger partial charge in [0.15, 0.2) is 11.4 Å². The lowest BCUT2D eigenvalue weighted by atomic mass is 10.2. The van der Waals surface area contributed by atoms with Gasteiger partial charge in [0, 0.05) is 18.6 Å². The Balaban J connectivity index is 2.63. The van der Waals surface area contributed by atoms with Crippen LogP contribution in [-0.4, -0.2) is 29.6 Å². The highest BCUT2D eigenvalue weighted by molar-refractivity contribution is 5.90. The van der Waals surface area contributed by atoms with Crippen molar-refractivity contribution in [2.45, 2.75) is 0 Å². The summed E-state index contributed by atoms with van der Waals surface area (Å²) < 4.78 is 11.5. The summed E-state index contributed by atoms with van der Waals surface area (Å²) in [5, 5.41) is 0. The smallest absolute Gasteiger partial charge is 0.339 e. The van der Waals surface area contributed by atoms with E-state index in [1.54, 1.807) is 29.1 Å². The fourth-order valence-electron chi connectivity index (χ4n) is 1.38. The molecule has 2 aromatic heterocycles. The largest absolute Gasteiger partial charge is 0.493 e. The van der Waals surface area contributed by atoms with E-state index in [4.69, 9.17) is 4.74 Å². The van der Waals surface area contributed by atoms with Crippen molar-refractivity contribution >= 4 is 11.6 Å². The number of aromatic nitrogens is 2. The number of hydrogen-bond acceptors (Lipinski definition) is 4. The minimum absolute atomic E-state index is 0.399. The summed E-state index contributed by atoms with van der Waals surface area (Å²) >= 11 is 0. The quantitative estimate of drug-likeness (QED) is 0.691. The maximum Gasteiger partial charge on any atom is 0.339 e. The number of carbonyl (C=O) groups excluding carboxylic acids is 1. The lowest BCUT2D eigenvalue weighted by molar-refractivity contribution is 0.0599. The van der Waals surface area contributed by atoms with Crippen LogP contribution in [0.25, 0.3) is 5.65 Å². The minimum Gasteiger partial charge on any atom is -0.493 e. The minimum atomic E-state index is -0.399. The summed E-state index contributed by atoms with van der Waals surface area (Å²) in [6, 6.07) is 1.61. The first-order valence-corrected chi connectivity index (χ1v) is 4.35. The van der Waals surface area contributed by atoms with Gasteiger partial charge in [0.2, 0.25) is 0 Å². The van der Waals surface area contributed by atoms with E-state index in [9.17, 15) is 4.79 Å². The van der Waals surface area contributed by atoms with Gasteiger partial charge in [-0.2, -0.15) is 0 Å². The average Bonchev–Trinajstić information content (AvgIpc) is 2.74. The second-order valence-corrected chi connectivity index (χ2v) is 2.95. The molecule has 0 aliphatic carbocycles. The molecular formula is C10H10N2O3. The first-order valence-electron chi connectivity index (χ1n) is 4.35. The molecule has 0 spiro atoms. The number of pyridine rings is 1. The van der Waals surface area contributed by atoms with Crippen molar-refractivity contribution in [3.05, 3.63) is 30.2 Å². The number of esters is 1. The van der Waals surface area contributed by atoms with Crippen molar-refractivity contribution in [1.29, 1.82) is 0 Å². The van der Waals surface area contributed by atoms with E-state index in [1.165, 1.54) is 14.2 Å². The van der Waals surface area contributed by atoms with Crippen LogP contribution in [0, 0.1) is 0 Å². The number of hydrogen-bond donors (Lipinski definition) is 0. The molecule has 2 rings (SSSR count). The topological polar surface area (TPSA) is 52.8 Å². The Morgan fingerprint density at radius 2 is 2.27 bits per heavy atom. The van der Waals surface area contributed by atoms with Crippen molar-refractivity contribution in [3.63, 3.8) is 0 Å². The van der Waals surface area contributed by atoms with Crippen LogP contribution in [0.15, 0.2) is 24.7 Å². The van der Waals surface area contributed by atoms with Crippen LogP contribution in [0.1, 0.15) is 10.4 Å². The highest BCUT2D eigenvalue weighted by atomic mass is 16.5. The number of imidazole rings is 1. The maximum atomic E-state index is 11.3. The van der Waals surface area contributed by atoms with Gasteiger partial charge in [0.25, 0.3) is 0 Å². The molecule has 15 heavy (non-hydrogen) atoms. The van der Waals surface area contributed by atoms with E-state index >= 15 is 0 Å². The Morgan fingerprint density at radius 1 is 1.47 bits per heavy atom. The van der Waals surface area contributed by atoms with E-state index in [1.807, 2.05) is 0 Å². The monoisotopic (exact) mass is 206 g/mol. The molecule has 0 aliphatic rings. The molecule has 5 heteroatoms. The standard InChI is InChI=1S/C10H10N2O3/c1-14-8-5-7(10(13)15-2)6-12-4-3-11-9(8)12/h3-6H,1-2H3. The Morgan fingerprint density at radius 3 is 2.93 bits per heavy atom. The molecule has 0 aromatic carbocycles. The summed E-state index contributed by atoms with van der Waals surface area (Å²) in [4.78, 5) is 15.4. The molecule has 0 unspecified atom stereocenters. The van der Waals surface area contributed by atoms with Gasteiger partial charge in [-0.05, 0) is 6.07 Å². The Hall–Kier alpha value is -2.04. The van der Waals surface area contributed by atoms with Crippen molar-refractivity contribution in [1.82, 2.24) is 9.38 Å². The Kier molecular flexibility index (Phi) is 2.29. The fraction of sp³-hybridized carbons (Fsp3) is 0.200. The summed E-state index contributed by atoms with van der Waals surface area (Å²) in [5.41, 5.74) is 1.10. The summed E-state index contributed by atoms with van der Waals surface area (Å²) in [7, 11) is 2.87. The van der Waals surface area contributed by atoms with Gasteiger partial charge in [-0.1, -0.05) is 0 Å². The van der Waals surface area contributed by atoms with E-state index in [0.29, 0.717) is 17.0 Å². The molecule has 0 radical (unpaired) electrons. The van der Waals surface area contributed by atoms with Crippen LogP contribution >= 0.6 is 0 Å². The van der Waals surface area contributed by atoms with Crippen molar-refractivity contribution in [3.8, 4) is 5.75 Å². The van der Waals surface area contributed by atoms with Crippen molar-refractivity contribution < 1.29 is 14.3 Å². The number of carbonyl (C=O) groups is 1. The first-order chi connectivity index (χ1) is 7.26. The van der Waals surface area contributed by atoms with Crippen molar-refractivity contribution in [2.75, 3.05) is 14.2 Å². The van der Waals surface area contributed by atoms with Crippen molar-refractivity contribution in [2.24, 2.45) is 0 Å². The second-order valence-electron chi connectivity index (χ2n) is 2.95. The van der Waals surface area contributed by atoms with Crippen LogP contribution in [0.3, 0.4) is 0 Å². The molecule has 0 saturated heterocycles. The van der Waals surface area contributed by atoms with Gasteiger partial charge in [-0.15, -0.1) is 0 Å². The maximum absolute atomic E-state index is 11.3. The number of rotatable bonds is 2. The SMILES string of the molecule is COC(=O)c1cc(OC)c2nccn2c1. The first kappa shape index (κ1) is 9.51. The third-order valence-corrected chi connectivity index (χ3v) is 2.09. The highest BCUT2D eigenvalue weighted by Gasteiger charge is 2.11. The molecule has 0 amide bonds. The summed E-state index contributed by atoms with van der Waals surface area (Å²) in [6.07, 6.45) is 5.03. The molecule has 78 valence electrons. The fourth-order valence-corrected chi connectivity index (χ4v) is 1.38. The predicted octanol–water partition coefficient (Wildman–Crippen LogP) is 1.13. The molecule has 0 saturated carbocycles. The zero-order valence-corrected chi connectivity index (χ0v) is 8.43. The highest BCUT2D eigenvalue weighted by Crippen LogP contribution is 2.20. The van der Waals surface area contributed by atoms with Crippen LogP contribution < -0.4 is 4.74 Å². The van der Waals surface area contributed by atoms with Crippen LogP contribution in [0.4, 0.5) is 0 Å². The summed E-state index contributed by atoms with van der Waals surface area (Å²) in [5.74, 6) is 0.145.